The van der Waals surface area contributed by atoms with Crippen LogP contribution in [0.25, 0.3) is 0 Å². The largest absolute Gasteiger partial charge is 0.480 e. The van der Waals surface area contributed by atoms with Crippen LogP contribution in [0.4, 0.5) is 0 Å². The van der Waals surface area contributed by atoms with Crippen molar-refractivity contribution in [2.24, 2.45) is 11.8 Å². The molecule has 3 unspecified atom stereocenters. The fourth-order valence-corrected chi connectivity index (χ4v) is 3.96. The first-order valence-corrected chi connectivity index (χ1v) is 6.93. The highest BCUT2D eigenvalue weighted by atomic mass is 16.4. The molecule has 1 N–H and O–H groups in total. The number of carboxylic acid groups (broad SMARTS) is 1. The van der Waals surface area contributed by atoms with Gasteiger partial charge in [0.25, 0.3) is 0 Å². The van der Waals surface area contributed by atoms with Gasteiger partial charge in [-0.05, 0) is 57.4 Å². The van der Waals surface area contributed by atoms with Gasteiger partial charge in [-0.2, -0.15) is 0 Å². The van der Waals surface area contributed by atoms with Gasteiger partial charge in [-0.1, -0.05) is 13.8 Å². The number of likely N-dealkylation sites (tertiary alicyclic amines) is 1. The van der Waals surface area contributed by atoms with Gasteiger partial charge in [0.15, 0.2) is 0 Å². The summed E-state index contributed by atoms with van der Waals surface area (Å²) in [5.41, 5.74) is -0.610. The summed E-state index contributed by atoms with van der Waals surface area (Å²) in [5.74, 6) is 0.839. The summed E-state index contributed by atoms with van der Waals surface area (Å²) in [5, 5.41) is 9.46. The Morgan fingerprint density at radius 1 is 1.24 bits per heavy atom. The Morgan fingerprint density at radius 3 is 2.35 bits per heavy atom. The highest BCUT2D eigenvalue weighted by Crippen LogP contribution is 2.39. The van der Waals surface area contributed by atoms with Gasteiger partial charge in [0.1, 0.15) is 5.54 Å². The highest BCUT2D eigenvalue weighted by molar-refractivity contribution is 5.78. The van der Waals surface area contributed by atoms with E-state index in [4.69, 9.17) is 0 Å². The minimum atomic E-state index is -0.638. The van der Waals surface area contributed by atoms with Crippen molar-refractivity contribution in [3.05, 3.63) is 0 Å². The Kier molecular flexibility index (Phi) is 3.48. The van der Waals surface area contributed by atoms with Gasteiger partial charge in [-0.25, -0.2) is 0 Å². The SMILES string of the molecule is CC1CC(C)CC(N2CCCC2(C)C(=O)O)C1. The Labute approximate surface area is 104 Å². The van der Waals surface area contributed by atoms with Crippen molar-refractivity contribution in [3.63, 3.8) is 0 Å². The second-order valence-corrected chi connectivity index (χ2v) is 6.45. The smallest absolute Gasteiger partial charge is 0.323 e. The molecule has 0 radical (unpaired) electrons. The fraction of sp³-hybridized carbons (Fsp3) is 0.929. The molecule has 3 atom stereocenters. The third-order valence-electron chi connectivity index (χ3n) is 4.75. The average Bonchev–Trinajstić information content (AvgIpc) is 2.60. The monoisotopic (exact) mass is 239 g/mol. The quantitative estimate of drug-likeness (QED) is 0.805. The van der Waals surface area contributed by atoms with E-state index in [-0.39, 0.29) is 0 Å². The topological polar surface area (TPSA) is 40.5 Å². The second-order valence-electron chi connectivity index (χ2n) is 6.45. The molecule has 1 aliphatic heterocycles. The van der Waals surface area contributed by atoms with Gasteiger partial charge in [-0.3, -0.25) is 9.69 Å². The Hall–Kier alpha value is -0.570. The second kappa shape index (κ2) is 4.60. The van der Waals surface area contributed by atoms with E-state index in [9.17, 15) is 9.90 Å². The number of hydrogen-bond acceptors (Lipinski definition) is 2. The van der Waals surface area contributed by atoms with Crippen molar-refractivity contribution in [2.75, 3.05) is 6.54 Å². The van der Waals surface area contributed by atoms with Crippen LogP contribution in [0.5, 0.6) is 0 Å². The van der Waals surface area contributed by atoms with Crippen molar-refractivity contribution in [1.82, 2.24) is 4.90 Å². The third-order valence-corrected chi connectivity index (χ3v) is 4.75. The first-order chi connectivity index (χ1) is 7.93. The number of carboxylic acids is 1. The average molecular weight is 239 g/mol. The van der Waals surface area contributed by atoms with Gasteiger partial charge >= 0.3 is 5.97 Å². The number of hydrogen-bond donors (Lipinski definition) is 1. The highest BCUT2D eigenvalue weighted by Gasteiger charge is 2.47. The van der Waals surface area contributed by atoms with Crippen LogP contribution in [0.15, 0.2) is 0 Å². The van der Waals surface area contributed by atoms with Crippen LogP contribution in [0.1, 0.15) is 52.9 Å². The minimum Gasteiger partial charge on any atom is -0.480 e. The van der Waals surface area contributed by atoms with Crippen LogP contribution in [-0.4, -0.2) is 34.1 Å². The molecule has 17 heavy (non-hydrogen) atoms. The maximum atomic E-state index is 11.5. The number of aliphatic carboxylic acids is 1. The fourth-order valence-electron chi connectivity index (χ4n) is 3.96. The zero-order valence-electron chi connectivity index (χ0n) is 11.3. The maximum Gasteiger partial charge on any atom is 0.323 e. The van der Waals surface area contributed by atoms with E-state index >= 15 is 0 Å². The molecule has 1 saturated heterocycles. The molecular weight excluding hydrogens is 214 g/mol. The van der Waals surface area contributed by atoms with Crippen molar-refractivity contribution >= 4 is 5.97 Å². The van der Waals surface area contributed by atoms with E-state index in [0.29, 0.717) is 6.04 Å². The zero-order valence-corrected chi connectivity index (χ0v) is 11.3. The predicted molar refractivity (Wildman–Crippen MR) is 67.9 cm³/mol. The molecule has 3 heteroatoms. The molecule has 98 valence electrons. The van der Waals surface area contributed by atoms with E-state index in [1.54, 1.807) is 0 Å². The molecule has 1 saturated carbocycles. The lowest BCUT2D eigenvalue weighted by Crippen LogP contribution is -2.54. The van der Waals surface area contributed by atoms with Crippen molar-refractivity contribution < 1.29 is 9.90 Å². The van der Waals surface area contributed by atoms with Crippen LogP contribution in [-0.2, 0) is 4.79 Å². The van der Waals surface area contributed by atoms with Crippen molar-refractivity contribution in [1.29, 1.82) is 0 Å². The van der Waals surface area contributed by atoms with Crippen LogP contribution in [0, 0.1) is 11.8 Å². The van der Waals surface area contributed by atoms with Crippen LogP contribution < -0.4 is 0 Å². The van der Waals surface area contributed by atoms with E-state index in [1.165, 1.54) is 19.3 Å². The molecule has 0 spiro atoms. The van der Waals surface area contributed by atoms with Crippen LogP contribution in [0.2, 0.25) is 0 Å². The van der Waals surface area contributed by atoms with Crippen LogP contribution in [0.3, 0.4) is 0 Å². The molecular formula is C14H25NO2. The van der Waals surface area contributed by atoms with Crippen molar-refractivity contribution in [2.45, 2.75) is 64.5 Å². The summed E-state index contributed by atoms with van der Waals surface area (Å²) in [6.07, 6.45) is 5.48. The molecule has 0 aromatic heterocycles. The van der Waals surface area contributed by atoms with Gasteiger partial charge in [0.2, 0.25) is 0 Å². The molecule has 1 heterocycles. The number of nitrogens with zero attached hydrogens (tertiary/aromatic N) is 1. The molecule has 2 fully saturated rings. The molecule has 0 aromatic rings. The van der Waals surface area contributed by atoms with E-state index in [0.717, 1.165) is 31.2 Å². The first kappa shape index (κ1) is 12.9. The lowest BCUT2D eigenvalue weighted by atomic mass is 9.79. The summed E-state index contributed by atoms with van der Waals surface area (Å²) >= 11 is 0. The van der Waals surface area contributed by atoms with Gasteiger partial charge < -0.3 is 5.11 Å². The molecule has 3 nitrogen and oxygen atoms in total. The summed E-state index contributed by atoms with van der Waals surface area (Å²) in [6.45, 7) is 7.48. The van der Waals surface area contributed by atoms with Gasteiger partial charge in [0, 0.05) is 6.04 Å². The van der Waals surface area contributed by atoms with Crippen LogP contribution >= 0.6 is 0 Å². The summed E-state index contributed by atoms with van der Waals surface area (Å²) in [7, 11) is 0. The van der Waals surface area contributed by atoms with E-state index in [1.807, 2.05) is 6.92 Å². The van der Waals surface area contributed by atoms with Crippen molar-refractivity contribution in [3.8, 4) is 0 Å². The standard InChI is InChI=1S/C14H25NO2/c1-10-7-11(2)9-12(8-10)15-6-4-5-14(15,3)13(16)17/h10-12H,4-9H2,1-3H3,(H,16,17). The molecule has 0 bridgehead atoms. The normalized spacial score (nSPS) is 43.8. The number of carbonyl (C=O) groups is 1. The summed E-state index contributed by atoms with van der Waals surface area (Å²) in [4.78, 5) is 13.8. The van der Waals surface area contributed by atoms with E-state index < -0.39 is 11.5 Å². The number of rotatable bonds is 2. The van der Waals surface area contributed by atoms with Gasteiger partial charge in [-0.15, -0.1) is 0 Å². The minimum absolute atomic E-state index is 0.484. The molecule has 2 rings (SSSR count). The molecule has 0 amide bonds. The lowest BCUT2D eigenvalue weighted by Gasteiger charge is -2.43. The molecule has 0 aromatic carbocycles. The Bertz CT molecular complexity index is 295. The Morgan fingerprint density at radius 2 is 1.82 bits per heavy atom. The molecule has 1 aliphatic carbocycles. The summed E-state index contributed by atoms with van der Waals surface area (Å²) in [6, 6.07) is 0.484. The van der Waals surface area contributed by atoms with Gasteiger partial charge in [0.05, 0.1) is 0 Å². The first-order valence-electron chi connectivity index (χ1n) is 6.93. The molecule has 2 aliphatic rings. The van der Waals surface area contributed by atoms with E-state index in [2.05, 4.69) is 18.7 Å². The third kappa shape index (κ3) is 2.35. The predicted octanol–water partition coefficient (Wildman–Crippen LogP) is 2.75. The lowest BCUT2D eigenvalue weighted by molar-refractivity contribution is -0.150. The summed E-state index contributed by atoms with van der Waals surface area (Å²) < 4.78 is 0. The Balaban J connectivity index is 2.13. The zero-order chi connectivity index (χ0) is 12.6. The maximum absolute atomic E-state index is 11.5.